The van der Waals surface area contributed by atoms with Gasteiger partial charge in [0.15, 0.2) is 0 Å². The van der Waals surface area contributed by atoms with Crippen molar-refractivity contribution >= 4 is 27.3 Å². The average Bonchev–Trinajstić information content (AvgIpc) is 2.25. The molecule has 1 aliphatic heterocycles. The molecule has 1 aromatic rings. The first kappa shape index (κ1) is 11.8. The first-order valence-electron chi connectivity index (χ1n) is 5.92. The Morgan fingerprint density at radius 3 is 2.81 bits per heavy atom. The predicted molar refractivity (Wildman–Crippen MR) is 74.0 cm³/mol. The zero-order chi connectivity index (χ0) is 11.7. The molecule has 3 heteroatoms. The van der Waals surface area contributed by atoms with Crippen molar-refractivity contribution in [3.63, 3.8) is 0 Å². The largest absolute Gasteiger partial charge is 0.398 e. The van der Waals surface area contributed by atoms with Gasteiger partial charge in [0, 0.05) is 22.7 Å². The lowest BCUT2D eigenvalue weighted by Gasteiger charge is -2.36. The zero-order valence-corrected chi connectivity index (χ0v) is 11.5. The van der Waals surface area contributed by atoms with Gasteiger partial charge in [-0.05, 0) is 66.7 Å². The van der Waals surface area contributed by atoms with E-state index in [2.05, 4.69) is 40.7 Å². The fourth-order valence-corrected chi connectivity index (χ4v) is 2.95. The van der Waals surface area contributed by atoms with E-state index in [9.17, 15) is 0 Å². The third-order valence-electron chi connectivity index (χ3n) is 3.45. The molecule has 0 bridgehead atoms. The number of nitrogen functional groups attached to an aromatic ring is 1. The zero-order valence-electron chi connectivity index (χ0n) is 9.96. The van der Waals surface area contributed by atoms with Crippen molar-refractivity contribution in [3.8, 4) is 0 Å². The molecular weight excluding hydrogens is 264 g/mol. The molecule has 2 nitrogen and oxygen atoms in total. The SMILES string of the molecule is Cc1cc(N2CCCCC2C)c(Br)cc1N. The molecule has 1 aromatic carbocycles. The van der Waals surface area contributed by atoms with Gasteiger partial charge in [0.05, 0.1) is 5.69 Å². The van der Waals surface area contributed by atoms with E-state index in [4.69, 9.17) is 5.73 Å². The van der Waals surface area contributed by atoms with Gasteiger partial charge >= 0.3 is 0 Å². The smallest absolute Gasteiger partial charge is 0.0517 e. The molecule has 0 aliphatic carbocycles. The molecule has 2 N–H and O–H groups in total. The summed E-state index contributed by atoms with van der Waals surface area (Å²) in [4.78, 5) is 2.49. The molecule has 1 unspecified atom stereocenters. The van der Waals surface area contributed by atoms with Gasteiger partial charge in [-0.3, -0.25) is 0 Å². The van der Waals surface area contributed by atoms with Crippen LogP contribution >= 0.6 is 15.9 Å². The van der Waals surface area contributed by atoms with Crippen molar-refractivity contribution in [3.05, 3.63) is 22.2 Å². The summed E-state index contributed by atoms with van der Waals surface area (Å²) in [5.41, 5.74) is 9.22. The second-order valence-electron chi connectivity index (χ2n) is 4.70. The Morgan fingerprint density at radius 1 is 1.38 bits per heavy atom. The number of hydrogen-bond acceptors (Lipinski definition) is 2. The summed E-state index contributed by atoms with van der Waals surface area (Å²) in [5.74, 6) is 0. The van der Waals surface area contributed by atoms with E-state index in [1.54, 1.807) is 0 Å². The summed E-state index contributed by atoms with van der Waals surface area (Å²) < 4.78 is 1.12. The lowest BCUT2D eigenvalue weighted by Crippen LogP contribution is -2.37. The van der Waals surface area contributed by atoms with Crippen LogP contribution in [0.1, 0.15) is 31.7 Å². The lowest BCUT2D eigenvalue weighted by molar-refractivity contribution is 0.484. The molecule has 0 aromatic heterocycles. The number of nitrogens with zero attached hydrogens (tertiary/aromatic N) is 1. The molecule has 0 amide bonds. The minimum Gasteiger partial charge on any atom is -0.398 e. The van der Waals surface area contributed by atoms with Gasteiger partial charge in [-0.25, -0.2) is 0 Å². The normalized spacial score (nSPS) is 21.2. The van der Waals surface area contributed by atoms with E-state index < -0.39 is 0 Å². The van der Waals surface area contributed by atoms with Gasteiger partial charge in [0.25, 0.3) is 0 Å². The van der Waals surface area contributed by atoms with Crippen LogP contribution in [0.4, 0.5) is 11.4 Å². The maximum absolute atomic E-state index is 5.91. The molecule has 1 heterocycles. The van der Waals surface area contributed by atoms with E-state index in [1.807, 2.05) is 6.07 Å². The molecule has 0 saturated carbocycles. The van der Waals surface area contributed by atoms with Gasteiger partial charge in [0.1, 0.15) is 0 Å². The monoisotopic (exact) mass is 282 g/mol. The number of hydrogen-bond donors (Lipinski definition) is 1. The van der Waals surface area contributed by atoms with Crippen LogP contribution in [0.5, 0.6) is 0 Å². The Kier molecular flexibility index (Phi) is 3.43. The fourth-order valence-electron chi connectivity index (χ4n) is 2.36. The third-order valence-corrected chi connectivity index (χ3v) is 4.08. The highest BCUT2D eigenvalue weighted by Gasteiger charge is 2.20. The van der Waals surface area contributed by atoms with E-state index in [0.29, 0.717) is 6.04 Å². The van der Waals surface area contributed by atoms with Gasteiger partial charge in [0.2, 0.25) is 0 Å². The molecule has 1 saturated heterocycles. The van der Waals surface area contributed by atoms with Crippen LogP contribution in [0.15, 0.2) is 16.6 Å². The van der Waals surface area contributed by atoms with Crippen molar-refractivity contribution in [1.82, 2.24) is 0 Å². The van der Waals surface area contributed by atoms with Crippen molar-refractivity contribution in [1.29, 1.82) is 0 Å². The summed E-state index contributed by atoms with van der Waals surface area (Å²) in [7, 11) is 0. The Morgan fingerprint density at radius 2 is 2.12 bits per heavy atom. The highest BCUT2D eigenvalue weighted by molar-refractivity contribution is 9.10. The van der Waals surface area contributed by atoms with Crippen LogP contribution in [-0.4, -0.2) is 12.6 Å². The van der Waals surface area contributed by atoms with Crippen LogP contribution in [-0.2, 0) is 0 Å². The molecule has 0 spiro atoms. The molecule has 0 radical (unpaired) electrons. The quantitative estimate of drug-likeness (QED) is 0.796. The number of nitrogens with two attached hydrogens (primary N) is 1. The molecule has 88 valence electrons. The van der Waals surface area contributed by atoms with Crippen molar-refractivity contribution < 1.29 is 0 Å². The fraction of sp³-hybridized carbons (Fsp3) is 0.538. The summed E-state index contributed by atoms with van der Waals surface area (Å²) >= 11 is 3.62. The van der Waals surface area contributed by atoms with E-state index in [0.717, 1.165) is 22.3 Å². The number of aryl methyl sites for hydroxylation is 1. The van der Waals surface area contributed by atoms with Crippen LogP contribution in [0, 0.1) is 6.92 Å². The molecule has 1 aliphatic rings. The highest BCUT2D eigenvalue weighted by Crippen LogP contribution is 2.34. The first-order chi connectivity index (χ1) is 7.59. The van der Waals surface area contributed by atoms with Gasteiger partial charge in [-0.1, -0.05) is 0 Å². The molecular formula is C13H19BrN2. The minimum absolute atomic E-state index is 0.632. The van der Waals surface area contributed by atoms with Crippen LogP contribution in [0.25, 0.3) is 0 Å². The number of anilines is 2. The van der Waals surface area contributed by atoms with Gasteiger partial charge < -0.3 is 10.6 Å². The second kappa shape index (κ2) is 4.66. The van der Waals surface area contributed by atoms with Crippen LogP contribution in [0.3, 0.4) is 0 Å². The topological polar surface area (TPSA) is 29.3 Å². The van der Waals surface area contributed by atoms with Gasteiger partial charge in [-0.2, -0.15) is 0 Å². The number of piperidine rings is 1. The van der Waals surface area contributed by atoms with Crippen LogP contribution in [0.2, 0.25) is 0 Å². The number of halogens is 1. The summed E-state index contributed by atoms with van der Waals surface area (Å²) in [6.45, 7) is 5.53. The molecule has 2 rings (SSSR count). The summed E-state index contributed by atoms with van der Waals surface area (Å²) in [6.07, 6.45) is 3.93. The summed E-state index contributed by atoms with van der Waals surface area (Å²) in [6, 6.07) is 4.85. The lowest BCUT2D eigenvalue weighted by atomic mass is 10.0. The van der Waals surface area contributed by atoms with Crippen LogP contribution < -0.4 is 10.6 Å². The highest BCUT2D eigenvalue weighted by atomic mass is 79.9. The van der Waals surface area contributed by atoms with Crippen molar-refractivity contribution in [2.24, 2.45) is 0 Å². The Hall–Kier alpha value is -0.700. The standard InChI is InChI=1S/C13H19BrN2/c1-9-7-13(11(14)8-12(9)15)16-6-4-3-5-10(16)2/h7-8,10H,3-6,15H2,1-2H3. The van der Waals surface area contributed by atoms with E-state index >= 15 is 0 Å². The predicted octanol–water partition coefficient (Wildman–Crippen LogP) is 3.72. The van der Waals surface area contributed by atoms with Crippen molar-refractivity contribution in [2.45, 2.75) is 39.2 Å². The number of rotatable bonds is 1. The van der Waals surface area contributed by atoms with Crippen molar-refractivity contribution in [2.75, 3.05) is 17.2 Å². The average molecular weight is 283 g/mol. The Balaban J connectivity index is 2.35. The second-order valence-corrected chi connectivity index (χ2v) is 5.55. The maximum Gasteiger partial charge on any atom is 0.0517 e. The molecule has 16 heavy (non-hydrogen) atoms. The maximum atomic E-state index is 5.91. The minimum atomic E-state index is 0.632. The number of benzene rings is 1. The molecule has 1 fully saturated rings. The third kappa shape index (κ3) is 2.19. The van der Waals surface area contributed by atoms with E-state index in [-0.39, 0.29) is 0 Å². The van der Waals surface area contributed by atoms with E-state index in [1.165, 1.54) is 24.9 Å². The first-order valence-corrected chi connectivity index (χ1v) is 6.71. The molecule has 1 atom stereocenters. The Bertz CT molecular complexity index is 390. The Labute approximate surface area is 106 Å². The van der Waals surface area contributed by atoms with Gasteiger partial charge in [-0.15, -0.1) is 0 Å². The summed E-state index contributed by atoms with van der Waals surface area (Å²) in [5, 5.41) is 0.